The van der Waals surface area contributed by atoms with Gasteiger partial charge in [-0.1, -0.05) is 23.4 Å². The van der Waals surface area contributed by atoms with Crippen LogP contribution in [0.1, 0.15) is 18.3 Å². The number of nitrogens with one attached hydrogen (secondary N) is 1. The summed E-state index contributed by atoms with van der Waals surface area (Å²) in [5, 5.41) is 15.7. The zero-order valence-corrected chi connectivity index (χ0v) is 19.4. The van der Waals surface area contributed by atoms with Crippen molar-refractivity contribution in [1.82, 2.24) is 24.6 Å². The molecule has 2 atom stereocenters. The van der Waals surface area contributed by atoms with Gasteiger partial charge < -0.3 is 21.0 Å². The van der Waals surface area contributed by atoms with Crippen LogP contribution >= 0.6 is 23.3 Å². The first-order valence-corrected chi connectivity index (χ1v) is 11.8. The summed E-state index contributed by atoms with van der Waals surface area (Å²) < 4.78 is 3.97. The van der Waals surface area contributed by atoms with E-state index in [-0.39, 0.29) is 29.0 Å². The number of pyridine rings is 1. The molecular formula is C20H19N7O5S2. The summed E-state index contributed by atoms with van der Waals surface area (Å²) >= 11 is 2.23. The molecule has 2 aromatic rings. The minimum atomic E-state index is -1.23. The van der Waals surface area contributed by atoms with Crippen LogP contribution in [0.5, 0.6) is 0 Å². The number of carbonyl (C=O) groups is 3. The second-order valence-corrected chi connectivity index (χ2v) is 8.86. The van der Waals surface area contributed by atoms with Gasteiger partial charge in [-0.3, -0.25) is 19.5 Å². The van der Waals surface area contributed by atoms with Crippen LogP contribution in [0.2, 0.25) is 0 Å². The number of hydrogen-bond donors (Lipinski definition) is 3. The molecule has 0 bridgehead atoms. The number of thioether (sulfide) groups is 1. The highest BCUT2D eigenvalue weighted by Crippen LogP contribution is 2.40. The predicted octanol–water partition coefficient (Wildman–Crippen LogP) is 0.708. The zero-order valence-electron chi connectivity index (χ0n) is 17.7. The molecule has 2 aliphatic rings. The van der Waals surface area contributed by atoms with E-state index in [4.69, 9.17) is 10.6 Å². The lowest BCUT2D eigenvalue weighted by atomic mass is 10.0. The number of hydrogen-bond acceptors (Lipinski definition) is 11. The van der Waals surface area contributed by atoms with Gasteiger partial charge in [0, 0.05) is 29.7 Å². The van der Waals surface area contributed by atoms with Crippen LogP contribution in [0.15, 0.2) is 47.0 Å². The van der Waals surface area contributed by atoms with Crippen molar-refractivity contribution in [2.24, 2.45) is 5.16 Å². The Labute approximate surface area is 201 Å². The maximum absolute atomic E-state index is 12.9. The third kappa shape index (κ3) is 4.63. The number of allylic oxidation sites excluding steroid dienone is 1. The molecule has 1 fully saturated rings. The van der Waals surface area contributed by atoms with E-state index in [0.29, 0.717) is 11.3 Å². The number of carbonyl (C=O) groups excluding carboxylic acids is 2. The van der Waals surface area contributed by atoms with Gasteiger partial charge in [0.05, 0.1) is 0 Å². The van der Waals surface area contributed by atoms with E-state index >= 15 is 0 Å². The summed E-state index contributed by atoms with van der Waals surface area (Å²) in [4.78, 5) is 51.9. The Bertz CT molecular complexity index is 1210. The van der Waals surface area contributed by atoms with Gasteiger partial charge in [-0.15, -0.1) is 11.8 Å². The largest absolute Gasteiger partial charge is 0.477 e. The number of nitrogens with zero attached hydrogens (tertiary/aromatic N) is 5. The topological polar surface area (TPSA) is 173 Å². The van der Waals surface area contributed by atoms with Gasteiger partial charge in [0.25, 0.3) is 11.8 Å². The molecule has 12 nitrogen and oxygen atoms in total. The van der Waals surface area contributed by atoms with Crippen molar-refractivity contribution in [3.63, 3.8) is 0 Å². The lowest BCUT2D eigenvalue weighted by Crippen LogP contribution is -2.71. The van der Waals surface area contributed by atoms with Crippen molar-refractivity contribution in [2.45, 2.75) is 18.3 Å². The highest BCUT2D eigenvalue weighted by Gasteiger charge is 2.54. The summed E-state index contributed by atoms with van der Waals surface area (Å²) in [7, 11) is 0. The van der Waals surface area contributed by atoms with Crippen LogP contribution < -0.4 is 11.1 Å². The fourth-order valence-corrected chi connectivity index (χ4v) is 5.05. The highest BCUT2D eigenvalue weighted by molar-refractivity contribution is 8.00. The lowest BCUT2D eigenvalue weighted by Gasteiger charge is -2.49. The van der Waals surface area contributed by atoms with Gasteiger partial charge in [-0.05, 0) is 24.1 Å². The summed E-state index contributed by atoms with van der Waals surface area (Å²) in [6.45, 7) is 1.89. The molecule has 14 heteroatoms. The molecule has 176 valence electrons. The molecule has 34 heavy (non-hydrogen) atoms. The smallest absolute Gasteiger partial charge is 0.352 e. The molecule has 0 aromatic carbocycles. The number of carboxylic acid groups (broad SMARTS) is 1. The van der Waals surface area contributed by atoms with E-state index < -0.39 is 29.2 Å². The summed E-state index contributed by atoms with van der Waals surface area (Å²) in [6, 6.07) is 2.65. The molecule has 2 aliphatic heterocycles. The number of aromatic nitrogens is 3. The maximum Gasteiger partial charge on any atom is 0.352 e. The molecule has 0 spiro atoms. The number of oxime groups is 1. The molecule has 0 saturated carbocycles. The minimum Gasteiger partial charge on any atom is -0.477 e. The Balaban J connectivity index is 1.53. The number of amides is 2. The van der Waals surface area contributed by atoms with Crippen LogP contribution in [0.25, 0.3) is 6.08 Å². The van der Waals surface area contributed by atoms with Crippen LogP contribution in [-0.4, -0.2) is 71.6 Å². The first-order valence-electron chi connectivity index (χ1n) is 10.00. The van der Waals surface area contributed by atoms with Crippen molar-refractivity contribution < 1.29 is 24.3 Å². The monoisotopic (exact) mass is 501 g/mol. The van der Waals surface area contributed by atoms with E-state index in [2.05, 4.69) is 24.8 Å². The molecule has 2 amide bonds. The number of fused-ring (bicyclic) bond motifs is 1. The summed E-state index contributed by atoms with van der Waals surface area (Å²) in [5.41, 5.74) is 6.53. The van der Waals surface area contributed by atoms with Gasteiger partial charge in [0.1, 0.15) is 23.7 Å². The molecule has 2 aromatic heterocycles. The molecule has 1 unspecified atom stereocenters. The molecule has 0 radical (unpaired) electrons. The Morgan fingerprint density at radius 2 is 2.26 bits per heavy atom. The van der Waals surface area contributed by atoms with E-state index in [1.165, 1.54) is 16.7 Å². The second kappa shape index (κ2) is 10.0. The van der Waals surface area contributed by atoms with Crippen molar-refractivity contribution in [1.29, 1.82) is 0 Å². The Hall–Kier alpha value is -3.78. The molecule has 1 saturated heterocycles. The Morgan fingerprint density at radius 3 is 2.91 bits per heavy atom. The fraction of sp³-hybridized carbons (Fsp3) is 0.250. The van der Waals surface area contributed by atoms with Gasteiger partial charge in [-0.25, -0.2) is 4.79 Å². The van der Waals surface area contributed by atoms with E-state index in [9.17, 15) is 19.5 Å². The van der Waals surface area contributed by atoms with E-state index in [0.717, 1.165) is 17.1 Å². The van der Waals surface area contributed by atoms with E-state index in [1.54, 1.807) is 37.5 Å². The summed E-state index contributed by atoms with van der Waals surface area (Å²) in [5.74, 6) is -2.19. The predicted molar refractivity (Wildman–Crippen MR) is 125 cm³/mol. The lowest BCUT2D eigenvalue weighted by molar-refractivity contribution is -0.150. The quantitative estimate of drug-likeness (QED) is 0.265. The molecule has 4 rings (SSSR count). The van der Waals surface area contributed by atoms with E-state index in [1.807, 2.05) is 6.07 Å². The van der Waals surface area contributed by atoms with Gasteiger partial charge in [-0.2, -0.15) is 9.36 Å². The molecule has 4 N–H and O–H groups in total. The first kappa shape index (κ1) is 23.4. The second-order valence-electron chi connectivity index (χ2n) is 6.97. The fourth-order valence-electron chi connectivity index (χ4n) is 3.30. The third-order valence-corrected chi connectivity index (χ3v) is 6.65. The number of rotatable bonds is 8. The highest BCUT2D eigenvalue weighted by atomic mass is 32.2. The zero-order chi connectivity index (χ0) is 24.2. The van der Waals surface area contributed by atoms with Crippen molar-refractivity contribution >= 4 is 58.0 Å². The minimum absolute atomic E-state index is 0.0256. The normalized spacial score (nSPS) is 20.2. The first-order chi connectivity index (χ1) is 16.4. The number of β-lactam (4-membered cyclic amide) rings is 1. The maximum atomic E-state index is 12.9. The Morgan fingerprint density at radius 1 is 1.44 bits per heavy atom. The standard InChI is InChI=1S/C20H19N7O5S2/c1-2-32-25-12(15-24-20(21)34-26-15)16(28)23-13-17(29)27-14(19(30)31)11(9-33-18(13)27)6-5-10-4-3-7-22-8-10/h3-8,13,18H,2,9H2,1H3,(H,23,28)(H,30,31)(H2,21,24,26)/t13?,18-/m0/s1. The third-order valence-electron chi connectivity index (χ3n) is 4.80. The SMILES string of the molecule is CCON=C(C(=O)NC1C(=O)N2C(C(=O)O)=C(C=Cc3cccnc3)CS[C@@H]12)c1nsc(N)n1. The van der Waals surface area contributed by atoms with Crippen LogP contribution in [0.4, 0.5) is 5.13 Å². The molecular weight excluding hydrogens is 482 g/mol. The average molecular weight is 502 g/mol. The van der Waals surface area contributed by atoms with Crippen LogP contribution in [0.3, 0.4) is 0 Å². The number of nitrogens with two attached hydrogens (primary N) is 1. The molecule has 4 heterocycles. The number of nitrogen functional groups attached to an aromatic ring is 1. The van der Waals surface area contributed by atoms with Crippen LogP contribution in [-0.2, 0) is 19.2 Å². The van der Waals surface area contributed by atoms with Crippen molar-refractivity contribution in [3.05, 3.63) is 53.3 Å². The number of carboxylic acids is 1. The van der Waals surface area contributed by atoms with Crippen molar-refractivity contribution in [3.8, 4) is 0 Å². The molecule has 0 aliphatic carbocycles. The summed E-state index contributed by atoms with van der Waals surface area (Å²) in [6.07, 6.45) is 6.67. The average Bonchev–Trinajstić information content (AvgIpc) is 3.27. The Kier molecular flexibility index (Phi) is 6.88. The number of aliphatic carboxylic acids is 1. The van der Waals surface area contributed by atoms with Gasteiger partial charge in [0.15, 0.2) is 5.13 Å². The number of anilines is 1. The van der Waals surface area contributed by atoms with Crippen LogP contribution in [0, 0.1) is 0 Å². The van der Waals surface area contributed by atoms with Gasteiger partial charge in [0.2, 0.25) is 11.5 Å². The van der Waals surface area contributed by atoms with Crippen molar-refractivity contribution in [2.75, 3.05) is 18.1 Å². The van der Waals surface area contributed by atoms with Gasteiger partial charge >= 0.3 is 5.97 Å².